The molecule has 0 radical (unpaired) electrons. The van der Waals surface area contributed by atoms with E-state index in [9.17, 15) is 4.79 Å². The Bertz CT molecular complexity index is 570. The number of hydrogen-bond acceptors (Lipinski definition) is 4. The van der Waals surface area contributed by atoms with E-state index in [0.29, 0.717) is 6.04 Å². The van der Waals surface area contributed by atoms with E-state index in [0.717, 1.165) is 49.8 Å². The molecule has 4 rings (SSSR count). The van der Waals surface area contributed by atoms with Crippen molar-refractivity contribution in [3.63, 3.8) is 0 Å². The Kier molecular flexibility index (Phi) is 4.60. The van der Waals surface area contributed by atoms with Crippen LogP contribution in [-0.2, 0) is 4.79 Å². The Labute approximate surface area is 143 Å². The zero-order valence-corrected chi connectivity index (χ0v) is 14.1. The smallest absolute Gasteiger partial charge is 0.261 e. The first kappa shape index (κ1) is 15.8. The molecule has 2 saturated heterocycles. The summed E-state index contributed by atoms with van der Waals surface area (Å²) < 4.78 is 11.7. The quantitative estimate of drug-likeness (QED) is 0.779. The van der Waals surface area contributed by atoms with Crippen LogP contribution in [0.3, 0.4) is 0 Å². The average Bonchev–Trinajstić information content (AvgIpc) is 3.49. The van der Waals surface area contributed by atoms with Gasteiger partial charge in [-0.05, 0) is 62.3 Å². The van der Waals surface area contributed by atoms with Crippen LogP contribution in [0.5, 0.6) is 11.5 Å². The lowest BCUT2D eigenvalue weighted by molar-refractivity contribution is -0.127. The van der Waals surface area contributed by atoms with E-state index in [1.54, 1.807) is 0 Å². The van der Waals surface area contributed by atoms with E-state index in [2.05, 4.69) is 10.2 Å². The lowest BCUT2D eigenvalue weighted by atomic mass is 10.2. The molecule has 1 aliphatic carbocycles. The number of amides is 1. The molecule has 1 N–H and O–H groups in total. The number of carbonyl (C=O) groups excluding carboxylic acids is 1. The van der Waals surface area contributed by atoms with Crippen LogP contribution in [0.1, 0.15) is 32.1 Å². The van der Waals surface area contributed by atoms with Gasteiger partial charge in [-0.2, -0.15) is 0 Å². The third-order valence-corrected chi connectivity index (χ3v) is 5.05. The van der Waals surface area contributed by atoms with Crippen LogP contribution in [0.2, 0.25) is 0 Å². The van der Waals surface area contributed by atoms with Crippen LogP contribution in [-0.4, -0.2) is 49.2 Å². The van der Waals surface area contributed by atoms with Gasteiger partial charge in [-0.3, -0.25) is 9.69 Å². The summed E-state index contributed by atoms with van der Waals surface area (Å²) in [5.41, 5.74) is 0. The fraction of sp³-hybridized carbons (Fsp3) is 0.632. The fourth-order valence-corrected chi connectivity index (χ4v) is 3.23. The SMILES string of the molecule is O=C1NCCCCC1Oc1ccc(OCC2CN2CC2CC2)cc1. The highest BCUT2D eigenvalue weighted by Crippen LogP contribution is 2.33. The normalized spacial score (nSPS) is 29.5. The largest absolute Gasteiger partial charge is 0.492 e. The first-order chi connectivity index (χ1) is 11.8. The number of benzene rings is 1. The molecular weight excluding hydrogens is 304 g/mol. The van der Waals surface area contributed by atoms with E-state index in [-0.39, 0.29) is 12.0 Å². The molecule has 1 aromatic carbocycles. The van der Waals surface area contributed by atoms with Gasteiger partial charge in [0.2, 0.25) is 0 Å². The molecule has 3 atom stereocenters. The van der Waals surface area contributed by atoms with Crippen molar-refractivity contribution < 1.29 is 14.3 Å². The molecule has 5 nitrogen and oxygen atoms in total. The predicted molar refractivity (Wildman–Crippen MR) is 91.3 cm³/mol. The van der Waals surface area contributed by atoms with Gasteiger partial charge < -0.3 is 14.8 Å². The van der Waals surface area contributed by atoms with Gasteiger partial charge >= 0.3 is 0 Å². The average molecular weight is 330 g/mol. The molecule has 1 aromatic rings. The zero-order valence-electron chi connectivity index (χ0n) is 14.1. The van der Waals surface area contributed by atoms with Gasteiger partial charge in [-0.25, -0.2) is 0 Å². The highest BCUT2D eigenvalue weighted by atomic mass is 16.5. The summed E-state index contributed by atoms with van der Waals surface area (Å²) in [6.45, 7) is 3.95. The van der Waals surface area contributed by atoms with E-state index >= 15 is 0 Å². The number of ether oxygens (including phenoxy) is 2. The Balaban J connectivity index is 1.23. The van der Waals surface area contributed by atoms with Gasteiger partial charge in [-0.15, -0.1) is 0 Å². The van der Waals surface area contributed by atoms with Gasteiger partial charge in [0.1, 0.15) is 18.1 Å². The standard InChI is InChI=1S/C19H26N2O3/c22-19-18(3-1-2-10-20-19)24-17-8-6-16(7-9-17)23-13-15-12-21(15)11-14-4-5-14/h6-9,14-15,18H,1-5,10-13H2,(H,20,22). The summed E-state index contributed by atoms with van der Waals surface area (Å²) in [5.74, 6) is 2.54. The Morgan fingerprint density at radius 3 is 2.67 bits per heavy atom. The molecule has 3 unspecified atom stereocenters. The molecule has 2 heterocycles. The molecule has 0 bridgehead atoms. The number of nitrogens with zero attached hydrogens (tertiary/aromatic N) is 1. The predicted octanol–water partition coefficient (Wildman–Crippen LogP) is 2.21. The summed E-state index contributed by atoms with van der Waals surface area (Å²) in [7, 11) is 0. The van der Waals surface area contributed by atoms with Crippen LogP contribution in [0.25, 0.3) is 0 Å². The third-order valence-electron chi connectivity index (χ3n) is 5.05. The molecule has 0 aromatic heterocycles. The first-order valence-electron chi connectivity index (χ1n) is 9.19. The van der Waals surface area contributed by atoms with Gasteiger partial charge in [0, 0.05) is 19.6 Å². The summed E-state index contributed by atoms with van der Waals surface area (Å²) in [4.78, 5) is 14.4. The van der Waals surface area contributed by atoms with Crippen molar-refractivity contribution in [2.75, 3.05) is 26.2 Å². The van der Waals surface area contributed by atoms with Crippen molar-refractivity contribution in [3.8, 4) is 11.5 Å². The van der Waals surface area contributed by atoms with Crippen molar-refractivity contribution in [2.45, 2.75) is 44.2 Å². The Morgan fingerprint density at radius 1 is 1.08 bits per heavy atom. The van der Waals surface area contributed by atoms with Gasteiger partial charge in [0.15, 0.2) is 6.10 Å². The lowest BCUT2D eigenvalue weighted by Gasteiger charge is -2.16. The fourth-order valence-electron chi connectivity index (χ4n) is 3.23. The number of nitrogens with one attached hydrogen (secondary N) is 1. The second-order valence-corrected chi connectivity index (χ2v) is 7.23. The molecule has 1 amide bonds. The second-order valence-electron chi connectivity index (χ2n) is 7.23. The molecule has 3 aliphatic rings. The molecule has 1 saturated carbocycles. The number of hydrogen-bond donors (Lipinski definition) is 1. The minimum absolute atomic E-state index is 0.00249. The van der Waals surface area contributed by atoms with E-state index in [1.807, 2.05) is 24.3 Å². The minimum Gasteiger partial charge on any atom is -0.492 e. The third kappa shape index (κ3) is 4.20. The van der Waals surface area contributed by atoms with Crippen LogP contribution in [0, 0.1) is 5.92 Å². The minimum atomic E-state index is -0.373. The maximum Gasteiger partial charge on any atom is 0.261 e. The number of carbonyl (C=O) groups is 1. The topological polar surface area (TPSA) is 50.6 Å². The molecule has 130 valence electrons. The maximum absolute atomic E-state index is 11.9. The molecule has 0 spiro atoms. The zero-order chi connectivity index (χ0) is 16.4. The first-order valence-corrected chi connectivity index (χ1v) is 9.19. The number of rotatable bonds is 7. The maximum atomic E-state index is 11.9. The molecule has 2 aliphatic heterocycles. The van der Waals surface area contributed by atoms with Gasteiger partial charge in [0.25, 0.3) is 5.91 Å². The molecule has 3 fully saturated rings. The highest BCUT2D eigenvalue weighted by Gasteiger charge is 2.38. The summed E-state index contributed by atoms with van der Waals surface area (Å²) in [6, 6.07) is 8.23. The van der Waals surface area contributed by atoms with E-state index < -0.39 is 0 Å². The lowest BCUT2D eigenvalue weighted by Crippen LogP contribution is -2.36. The van der Waals surface area contributed by atoms with Crippen LogP contribution >= 0.6 is 0 Å². The second kappa shape index (κ2) is 7.01. The van der Waals surface area contributed by atoms with E-state index in [4.69, 9.17) is 9.47 Å². The monoisotopic (exact) mass is 330 g/mol. The summed E-state index contributed by atoms with van der Waals surface area (Å²) in [5, 5.41) is 2.89. The Hall–Kier alpha value is -1.75. The summed E-state index contributed by atoms with van der Waals surface area (Å²) >= 11 is 0. The van der Waals surface area contributed by atoms with Gasteiger partial charge in [-0.1, -0.05) is 0 Å². The van der Waals surface area contributed by atoms with Crippen LogP contribution in [0.15, 0.2) is 24.3 Å². The Morgan fingerprint density at radius 2 is 1.88 bits per heavy atom. The molecule has 5 heteroatoms. The van der Waals surface area contributed by atoms with Crippen molar-refractivity contribution in [2.24, 2.45) is 5.92 Å². The van der Waals surface area contributed by atoms with E-state index in [1.165, 1.54) is 25.9 Å². The molecular formula is C19H26N2O3. The highest BCUT2D eigenvalue weighted by molar-refractivity contribution is 5.81. The van der Waals surface area contributed by atoms with Crippen molar-refractivity contribution >= 4 is 5.91 Å². The molecule has 24 heavy (non-hydrogen) atoms. The summed E-state index contributed by atoms with van der Waals surface area (Å²) in [6.07, 6.45) is 5.26. The van der Waals surface area contributed by atoms with Crippen LogP contribution < -0.4 is 14.8 Å². The van der Waals surface area contributed by atoms with Gasteiger partial charge in [0.05, 0.1) is 6.04 Å². The van der Waals surface area contributed by atoms with Crippen molar-refractivity contribution in [1.29, 1.82) is 0 Å². The van der Waals surface area contributed by atoms with Crippen LogP contribution in [0.4, 0.5) is 0 Å². The van der Waals surface area contributed by atoms with Crippen molar-refractivity contribution in [3.05, 3.63) is 24.3 Å². The van der Waals surface area contributed by atoms with Crippen molar-refractivity contribution in [1.82, 2.24) is 10.2 Å².